The maximum absolute atomic E-state index is 13.7. The van der Waals surface area contributed by atoms with Crippen LogP contribution in [0.4, 0.5) is 4.39 Å². The summed E-state index contributed by atoms with van der Waals surface area (Å²) in [5.74, 6) is 0.985. The van der Waals surface area contributed by atoms with Gasteiger partial charge in [0, 0.05) is 24.4 Å². The number of hydrogen-bond acceptors (Lipinski definition) is 2. The van der Waals surface area contributed by atoms with E-state index in [4.69, 9.17) is 0 Å². The lowest BCUT2D eigenvalue weighted by atomic mass is 9.69. The van der Waals surface area contributed by atoms with Crippen molar-refractivity contribution in [1.29, 1.82) is 0 Å². The van der Waals surface area contributed by atoms with Crippen molar-refractivity contribution in [3.63, 3.8) is 0 Å². The Morgan fingerprint density at radius 2 is 1.84 bits per heavy atom. The molecule has 4 nitrogen and oxygen atoms in total. The van der Waals surface area contributed by atoms with Crippen molar-refractivity contribution in [2.24, 2.45) is 23.2 Å². The van der Waals surface area contributed by atoms with E-state index in [1.807, 2.05) is 10.9 Å². The monoisotopic (exact) mass is 423 g/mol. The lowest BCUT2D eigenvalue weighted by molar-refractivity contribution is -0.139. The van der Waals surface area contributed by atoms with E-state index in [9.17, 15) is 9.18 Å². The first-order valence-corrected chi connectivity index (χ1v) is 11.5. The Balaban J connectivity index is 1.63. The Morgan fingerprint density at radius 1 is 1.19 bits per heavy atom. The molecule has 2 atom stereocenters. The highest BCUT2D eigenvalue weighted by atomic mass is 19.1. The van der Waals surface area contributed by atoms with E-state index in [0.29, 0.717) is 17.7 Å². The van der Waals surface area contributed by atoms with Gasteiger partial charge in [-0.25, -0.2) is 9.07 Å². The van der Waals surface area contributed by atoms with Crippen LogP contribution in [0.15, 0.2) is 36.0 Å². The Labute approximate surface area is 185 Å². The highest BCUT2D eigenvalue weighted by Crippen LogP contribution is 2.53. The van der Waals surface area contributed by atoms with Crippen molar-refractivity contribution in [3.05, 3.63) is 53.1 Å². The zero-order valence-electron chi connectivity index (χ0n) is 19.4. The Hall–Kier alpha value is -2.43. The zero-order chi connectivity index (χ0) is 22.3. The smallest absolute Gasteiger partial charge is 0.226 e. The van der Waals surface area contributed by atoms with Gasteiger partial charge in [0.25, 0.3) is 0 Å². The van der Waals surface area contributed by atoms with E-state index in [0.717, 1.165) is 49.3 Å². The largest absolute Gasteiger partial charge is 0.342 e. The maximum atomic E-state index is 13.7. The number of rotatable bonds is 6. The van der Waals surface area contributed by atoms with Crippen LogP contribution in [0, 0.1) is 29.0 Å². The SMILES string of the molecule is CC(C)CN(CC(C)C)C(=O)[C@H]1CCC2=Cc3c(cnn3-c3ccc(F)cc3)C[C@@]21C. The molecule has 1 heterocycles. The summed E-state index contributed by atoms with van der Waals surface area (Å²) in [6.07, 6.45) is 6.82. The van der Waals surface area contributed by atoms with Gasteiger partial charge in [0.15, 0.2) is 0 Å². The molecule has 1 saturated carbocycles. The van der Waals surface area contributed by atoms with Crippen LogP contribution in [-0.2, 0) is 11.2 Å². The molecular formula is C26H34FN3O. The first-order chi connectivity index (χ1) is 14.7. The topological polar surface area (TPSA) is 38.1 Å². The zero-order valence-corrected chi connectivity index (χ0v) is 19.4. The highest BCUT2D eigenvalue weighted by Gasteiger charge is 2.49. The molecule has 1 aromatic carbocycles. The molecule has 1 amide bonds. The molecule has 4 rings (SSSR count). The third-order valence-corrected chi connectivity index (χ3v) is 6.81. The number of carbonyl (C=O) groups excluding carboxylic acids is 1. The molecule has 2 aliphatic carbocycles. The van der Waals surface area contributed by atoms with Gasteiger partial charge in [0.2, 0.25) is 5.91 Å². The van der Waals surface area contributed by atoms with Crippen LogP contribution < -0.4 is 0 Å². The molecule has 0 saturated heterocycles. The molecule has 5 heteroatoms. The highest BCUT2D eigenvalue weighted by molar-refractivity contribution is 5.82. The number of fused-ring (bicyclic) bond motifs is 2. The number of aromatic nitrogens is 2. The van der Waals surface area contributed by atoms with Gasteiger partial charge in [-0.1, -0.05) is 40.2 Å². The molecular weight excluding hydrogens is 389 g/mol. The van der Waals surface area contributed by atoms with Crippen molar-refractivity contribution in [2.75, 3.05) is 13.1 Å². The van der Waals surface area contributed by atoms with Crippen molar-refractivity contribution in [3.8, 4) is 5.69 Å². The summed E-state index contributed by atoms with van der Waals surface area (Å²) in [5, 5.41) is 4.59. The van der Waals surface area contributed by atoms with Crippen LogP contribution in [0.2, 0.25) is 0 Å². The molecule has 1 aromatic heterocycles. The number of nitrogens with zero attached hydrogens (tertiary/aromatic N) is 3. The van der Waals surface area contributed by atoms with Gasteiger partial charge < -0.3 is 4.90 Å². The van der Waals surface area contributed by atoms with Crippen LogP contribution in [-0.4, -0.2) is 33.7 Å². The molecule has 2 aliphatic rings. The van der Waals surface area contributed by atoms with Crippen LogP contribution in [0.25, 0.3) is 11.8 Å². The Morgan fingerprint density at radius 3 is 2.45 bits per heavy atom. The fraction of sp³-hybridized carbons (Fsp3) is 0.538. The summed E-state index contributed by atoms with van der Waals surface area (Å²) in [5.41, 5.74) is 4.26. The molecule has 2 aromatic rings. The van der Waals surface area contributed by atoms with Crippen molar-refractivity contribution in [2.45, 2.75) is 53.9 Å². The normalized spacial score (nSPS) is 22.5. The van der Waals surface area contributed by atoms with Crippen LogP contribution in [0.3, 0.4) is 0 Å². The Kier molecular flexibility index (Phi) is 5.80. The standard InChI is InChI=1S/C26H34FN3O/c1-17(2)15-29(16-18(3)4)25(31)23-11-6-20-12-24-19(13-26(20,23)5)14-28-30(24)22-9-7-21(27)8-10-22/h7-10,12,14,17-18,23H,6,11,13,15-16H2,1-5H3/t23-,26+/m1/s1. The number of benzene rings is 1. The van der Waals surface area contributed by atoms with Gasteiger partial charge in [-0.2, -0.15) is 5.10 Å². The number of halogens is 1. The second kappa shape index (κ2) is 8.25. The molecule has 0 aliphatic heterocycles. The van der Waals surface area contributed by atoms with Gasteiger partial charge in [0.05, 0.1) is 17.6 Å². The number of amides is 1. The molecule has 31 heavy (non-hydrogen) atoms. The molecule has 0 radical (unpaired) electrons. The van der Waals surface area contributed by atoms with E-state index in [-0.39, 0.29) is 17.2 Å². The van der Waals surface area contributed by atoms with Gasteiger partial charge in [-0.05, 0) is 67.0 Å². The van der Waals surface area contributed by atoms with E-state index < -0.39 is 0 Å². The van der Waals surface area contributed by atoms with Crippen molar-refractivity contribution >= 4 is 12.0 Å². The minimum Gasteiger partial charge on any atom is -0.342 e. The van der Waals surface area contributed by atoms with E-state index in [2.05, 4.69) is 50.7 Å². The lowest BCUT2D eigenvalue weighted by Gasteiger charge is -2.38. The third kappa shape index (κ3) is 4.07. The average molecular weight is 424 g/mol. The summed E-state index contributed by atoms with van der Waals surface area (Å²) < 4.78 is 15.2. The van der Waals surface area contributed by atoms with E-state index in [1.54, 1.807) is 12.1 Å². The summed E-state index contributed by atoms with van der Waals surface area (Å²) in [6.45, 7) is 12.6. The molecule has 1 fully saturated rings. The number of carbonyl (C=O) groups is 1. The quantitative estimate of drug-likeness (QED) is 0.615. The van der Waals surface area contributed by atoms with Crippen LogP contribution in [0.5, 0.6) is 0 Å². The second-order valence-corrected chi connectivity index (χ2v) is 10.3. The van der Waals surface area contributed by atoms with Gasteiger partial charge >= 0.3 is 0 Å². The molecule has 0 N–H and O–H groups in total. The molecule has 0 spiro atoms. The summed E-state index contributed by atoms with van der Waals surface area (Å²) in [4.78, 5) is 15.8. The van der Waals surface area contributed by atoms with Crippen molar-refractivity contribution < 1.29 is 9.18 Å². The minimum absolute atomic E-state index is 0.0126. The van der Waals surface area contributed by atoms with Crippen LogP contribution >= 0.6 is 0 Å². The number of allylic oxidation sites excluding steroid dienone is 1. The summed E-state index contributed by atoms with van der Waals surface area (Å²) in [6, 6.07) is 6.44. The fourth-order valence-corrected chi connectivity index (χ4v) is 5.38. The van der Waals surface area contributed by atoms with Gasteiger partial charge in [0.1, 0.15) is 5.82 Å². The first kappa shape index (κ1) is 21.8. The minimum atomic E-state index is -0.250. The molecule has 0 unspecified atom stereocenters. The predicted molar refractivity (Wildman–Crippen MR) is 122 cm³/mol. The summed E-state index contributed by atoms with van der Waals surface area (Å²) in [7, 11) is 0. The maximum Gasteiger partial charge on any atom is 0.226 e. The molecule has 0 bridgehead atoms. The fourth-order valence-electron chi connectivity index (χ4n) is 5.38. The molecule has 166 valence electrons. The van der Waals surface area contributed by atoms with E-state index >= 15 is 0 Å². The van der Waals surface area contributed by atoms with Gasteiger partial charge in [-0.3, -0.25) is 4.79 Å². The first-order valence-electron chi connectivity index (χ1n) is 11.5. The van der Waals surface area contributed by atoms with Crippen LogP contribution in [0.1, 0.15) is 58.7 Å². The van der Waals surface area contributed by atoms with Gasteiger partial charge in [-0.15, -0.1) is 0 Å². The number of hydrogen-bond donors (Lipinski definition) is 0. The predicted octanol–water partition coefficient (Wildman–Crippen LogP) is 5.51. The second-order valence-electron chi connectivity index (χ2n) is 10.3. The summed E-state index contributed by atoms with van der Waals surface area (Å²) >= 11 is 0. The van der Waals surface area contributed by atoms with E-state index in [1.165, 1.54) is 17.7 Å². The average Bonchev–Trinajstić information content (AvgIpc) is 3.24. The lowest BCUT2D eigenvalue weighted by Crippen LogP contribution is -2.45. The third-order valence-electron chi connectivity index (χ3n) is 6.81. The Bertz CT molecular complexity index is 979. The van der Waals surface area contributed by atoms with Crippen molar-refractivity contribution in [1.82, 2.24) is 14.7 Å².